The van der Waals surface area contributed by atoms with Gasteiger partial charge < -0.3 is 20.1 Å². The van der Waals surface area contributed by atoms with Crippen molar-refractivity contribution in [2.45, 2.75) is 72.3 Å². The highest BCUT2D eigenvalue weighted by Gasteiger charge is 2.31. The number of nitrogens with one attached hydrogen (secondary N) is 2. The van der Waals surface area contributed by atoms with Gasteiger partial charge in [0.2, 0.25) is 0 Å². The van der Waals surface area contributed by atoms with E-state index in [1.165, 1.54) is 0 Å². The van der Waals surface area contributed by atoms with Crippen LogP contribution in [0.2, 0.25) is 0 Å². The Kier molecular flexibility index (Phi) is 9.28. The van der Waals surface area contributed by atoms with Crippen LogP contribution in [-0.4, -0.2) is 35.8 Å². The number of carbonyl (C=O) groups excluding carboxylic acids is 2. The lowest BCUT2D eigenvalue weighted by molar-refractivity contribution is 0.0448. The third-order valence-corrected chi connectivity index (χ3v) is 5.18. The number of hydrogen-bond donors (Lipinski definition) is 2. The van der Waals surface area contributed by atoms with Gasteiger partial charge in [0.25, 0.3) is 5.91 Å². The number of ether oxygens (including phenoxy) is 2. The minimum atomic E-state index is -0.707. The summed E-state index contributed by atoms with van der Waals surface area (Å²) in [5.41, 5.74) is 2.06. The van der Waals surface area contributed by atoms with Gasteiger partial charge in [-0.1, -0.05) is 24.0 Å². The van der Waals surface area contributed by atoms with E-state index in [0.29, 0.717) is 18.8 Å². The van der Waals surface area contributed by atoms with Crippen LogP contribution in [0.25, 0.3) is 0 Å². The third kappa shape index (κ3) is 8.92. The number of rotatable bonds is 7. The standard InChI is InChI=1S/C28H36N2O4/c1-8-33-19-23-13-11-21(12-14-23)9-10-22-15-17-24(18-16-22)25(31)29-20(2)28(6,7)30-26(32)34-27(3,4)5/h11-18,20H,8,19H2,1-7H3,(H,29,31)(H,30,32)/t20-/m1/s1. The molecule has 182 valence electrons. The zero-order chi connectivity index (χ0) is 25.4. The summed E-state index contributed by atoms with van der Waals surface area (Å²) in [4.78, 5) is 24.8. The molecule has 6 heteroatoms. The molecule has 0 saturated carbocycles. The monoisotopic (exact) mass is 464 g/mol. The van der Waals surface area contributed by atoms with E-state index in [9.17, 15) is 9.59 Å². The Bertz CT molecular complexity index is 1020. The molecule has 2 N–H and O–H groups in total. The first kappa shape index (κ1) is 26.9. The Labute approximate surface area is 203 Å². The van der Waals surface area contributed by atoms with Gasteiger partial charge in [0.05, 0.1) is 12.1 Å². The third-order valence-electron chi connectivity index (χ3n) is 5.18. The fraction of sp³-hybridized carbons (Fsp3) is 0.429. The molecule has 2 amide bonds. The fourth-order valence-corrected chi connectivity index (χ4v) is 2.89. The van der Waals surface area contributed by atoms with Gasteiger partial charge in [-0.2, -0.15) is 0 Å². The van der Waals surface area contributed by atoms with Crippen molar-refractivity contribution >= 4 is 12.0 Å². The summed E-state index contributed by atoms with van der Waals surface area (Å²) in [7, 11) is 0. The molecule has 2 aromatic carbocycles. The summed E-state index contributed by atoms with van der Waals surface area (Å²) >= 11 is 0. The molecule has 0 aliphatic carbocycles. The topological polar surface area (TPSA) is 76.7 Å². The maximum Gasteiger partial charge on any atom is 0.408 e. The summed E-state index contributed by atoms with van der Waals surface area (Å²) in [5, 5.41) is 5.77. The van der Waals surface area contributed by atoms with Crippen LogP contribution >= 0.6 is 0 Å². The first-order valence-electron chi connectivity index (χ1n) is 11.5. The SMILES string of the molecule is CCOCc1ccc(C#Cc2ccc(C(=O)N[C@H](C)C(C)(C)NC(=O)OC(C)(C)C)cc2)cc1. The second-order valence-corrected chi connectivity index (χ2v) is 9.71. The summed E-state index contributed by atoms with van der Waals surface area (Å²) in [6.07, 6.45) is -0.523. The first-order chi connectivity index (χ1) is 15.9. The van der Waals surface area contributed by atoms with Gasteiger partial charge in [-0.25, -0.2) is 4.79 Å². The first-order valence-corrected chi connectivity index (χ1v) is 11.5. The quantitative estimate of drug-likeness (QED) is 0.563. The molecule has 6 nitrogen and oxygen atoms in total. The largest absolute Gasteiger partial charge is 0.444 e. The van der Waals surface area contributed by atoms with Crippen LogP contribution in [0.15, 0.2) is 48.5 Å². The van der Waals surface area contributed by atoms with Crippen molar-refractivity contribution in [3.8, 4) is 11.8 Å². The minimum absolute atomic E-state index is 0.226. The van der Waals surface area contributed by atoms with E-state index in [2.05, 4.69) is 22.5 Å². The van der Waals surface area contributed by atoms with Crippen LogP contribution in [-0.2, 0) is 16.1 Å². The molecule has 1 atom stereocenters. The molecule has 0 heterocycles. The lowest BCUT2D eigenvalue weighted by atomic mass is 9.96. The van der Waals surface area contributed by atoms with E-state index in [4.69, 9.17) is 9.47 Å². The Hall–Kier alpha value is -3.30. The number of hydrogen-bond acceptors (Lipinski definition) is 4. The van der Waals surface area contributed by atoms with Crippen LogP contribution in [0.5, 0.6) is 0 Å². The zero-order valence-corrected chi connectivity index (χ0v) is 21.2. The maximum absolute atomic E-state index is 12.7. The molecule has 0 aliphatic rings. The van der Waals surface area contributed by atoms with Gasteiger partial charge in [-0.15, -0.1) is 0 Å². The Morgan fingerprint density at radius 1 is 0.912 bits per heavy atom. The van der Waals surface area contributed by atoms with Crippen LogP contribution in [0, 0.1) is 11.8 Å². The summed E-state index contributed by atoms with van der Waals surface area (Å²) in [5.74, 6) is 6.03. The van der Waals surface area contributed by atoms with Gasteiger partial charge in [-0.05, 0) is 90.4 Å². The molecule has 0 bridgehead atoms. The van der Waals surface area contributed by atoms with E-state index < -0.39 is 17.2 Å². The zero-order valence-electron chi connectivity index (χ0n) is 21.2. The second-order valence-electron chi connectivity index (χ2n) is 9.71. The second kappa shape index (κ2) is 11.7. The molecule has 2 rings (SSSR count). The van der Waals surface area contributed by atoms with E-state index in [1.54, 1.807) is 32.9 Å². The lowest BCUT2D eigenvalue weighted by Crippen LogP contribution is -2.58. The van der Waals surface area contributed by atoms with Gasteiger partial charge in [-0.3, -0.25) is 4.79 Å². The molecule has 2 aromatic rings. The Morgan fingerprint density at radius 2 is 1.44 bits per heavy atom. The summed E-state index contributed by atoms with van der Waals surface area (Å²) < 4.78 is 10.7. The van der Waals surface area contributed by atoms with Crippen LogP contribution in [0.3, 0.4) is 0 Å². The minimum Gasteiger partial charge on any atom is -0.444 e. The number of amides is 2. The Morgan fingerprint density at radius 3 is 1.94 bits per heavy atom. The molecule has 0 fully saturated rings. The van der Waals surface area contributed by atoms with Crippen molar-refractivity contribution in [3.63, 3.8) is 0 Å². The highest BCUT2D eigenvalue weighted by atomic mass is 16.6. The molecule has 34 heavy (non-hydrogen) atoms. The van der Waals surface area contributed by atoms with E-state index >= 15 is 0 Å². The molecule has 0 aliphatic heterocycles. The molecular formula is C28H36N2O4. The lowest BCUT2D eigenvalue weighted by Gasteiger charge is -2.34. The predicted molar refractivity (Wildman–Crippen MR) is 135 cm³/mol. The van der Waals surface area contributed by atoms with Crippen LogP contribution < -0.4 is 10.6 Å². The van der Waals surface area contributed by atoms with E-state index in [-0.39, 0.29) is 11.9 Å². The van der Waals surface area contributed by atoms with Crippen LogP contribution in [0.4, 0.5) is 4.79 Å². The Balaban J connectivity index is 1.96. The van der Waals surface area contributed by atoms with Crippen molar-refractivity contribution < 1.29 is 19.1 Å². The van der Waals surface area contributed by atoms with Crippen molar-refractivity contribution in [1.29, 1.82) is 0 Å². The summed E-state index contributed by atoms with van der Waals surface area (Å²) in [6, 6.07) is 14.7. The van der Waals surface area contributed by atoms with Crippen molar-refractivity contribution in [2.75, 3.05) is 6.61 Å². The van der Waals surface area contributed by atoms with Gasteiger partial charge in [0.1, 0.15) is 5.60 Å². The molecule has 0 spiro atoms. The fourth-order valence-electron chi connectivity index (χ4n) is 2.89. The number of benzene rings is 2. The molecule has 0 aromatic heterocycles. The summed E-state index contributed by atoms with van der Waals surface area (Å²) in [6.45, 7) is 14.2. The van der Waals surface area contributed by atoms with Crippen molar-refractivity contribution in [1.82, 2.24) is 10.6 Å². The van der Waals surface area contributed by atoms with Gasteiger partial charge >= 0.3 is 6.09 Å². The highest BCUT2D eigenvalue weighted by Crippen LogP contribution is 2.14. The smallest absolute Gasteiger partial charge is 0.408 e. The molecule has 0 radical (unpaired) electrons. The number of carbonyl (C=O) groups is 2. The van der Waals surface area contributed by atoms with Crippen molar-refractivity contribution in [2.24, 2.45) is 0 Å². The van der Waals surface area contributed by atoms with E-state index in [1.807, 2.05) is 64.1 Å². The highest BCUT2D eigenvalue weighted by molar-refractivity contribution is 5.94. The van der Waals surface area contributed by atoms with Crippen molar-refractivity contribution in [3.05, 3.63) is 70.8 Å². The normalized spacial score (nSPS) is 12.2. The van der Waals surface area contributed by atoms with Gasteiger partial charge in [0.15, 0.2) is 0 Å². The van der Waals surface area contributed by atoms with E-state index in [0.717, 1.165) is 16.7 Å². The predicted octanol–water partition coefficient (Wildman–Crippen LogP) is 5.04. The molecular weight excluding hydrogens is 428 g/mol. The average molecular weight is 465 g/mol. The maximum atomic E-state index is 12.7. The van der Waals surface area contributed by atoms with Gasteiger partial charge in [0, 0.05) is 29.3 Å². The molecule has 0 unspecified atom stereocenters. The number of alkyl carbamates (subject to hydrolysis) is 1. The van der Waals surface area contributed by atoms with Crippen LogP contribution in [0.1, 0.15) is 75.5 Å². The average Bonchev–Trinajstić information content (AvgIpc) is 2.75. The molecule has 0 saturated heterocycles.